The number of likely N-dealkylation sites (tertiary alicyclic amines) is 1. The summed E-state index contributed by atoms with van der Waals surface area (Å²) in [7, 11) is 0. The quantitative estimate of drug-likeness (QED) is 0.240. The molecule has 6 rings (SSSR count). The summed E-state index contributed by atoms with van der Waals surface area (Å²) in [6, 6.07) is -1.11. The molecule has 0 radical (unpaired) electrons. The third kappa shape index (κ3) is 5.10. The number of carbonyl (C=O) groups is 4. The van der Waals surface area contributed by atoms with Gasteiger partial charge in [0.05, 0.1) is 37.6 Å². The standard InChI is InChI=1S/C25H36N10O5S/c1-12-20-19(13(2)28-18(36)11-32-5-6-34-17(10-32)29-30-31-34)24(38)35(20)21(25(39)40)22(12)41-15-7-16(27-8-15)23(37)33-4-3-14(26)9-33/h12-16,19-20,27H,3-11,26H2,1-2H3,(H,28,36)(H,39,40)/t12-,13-,14-,15+,16+,19-,20-/m1/s1. The van der Waals surface area contributed by atoms with Crippen LogP contribution in [0.25, 0.3) is 0 Å². The number of amides is 3. The highest BCUT2D eigenvalue weighted by atomic mass is 32.2. The number of rotatable bonds is 8. The molecule has 5 aliphatic rings. The summed E-state index contributed by atoms with van der Waals surface area (Å²) in [5, 5.41) is 27.9. The topological polar surface area (TPSA) is 192 Å². The summed E-state index contributed by atoms with van der Waals surface area (Å²) in [6.07, 6.45) is 1.38. The first-order valence-corrected chi connectivity index (χ1v) is 15.0. The molecule has 0 aliphatic carbocycles. The largest absolute Gasteiger partial charge is 0.477 e. The van der Waals surface area contributed by atoms with E-state index in [1.165, 1.54) is 16.7 Å². The van der Waals surface area contributed by atoms with Crippen molar-refractivity contribution in [1.82, 2.24) is 45.5 Å². The maximum absolute atomic E-state index is 13.3. The van der Waals surface area contributed by atoms with E-state index in [9.17, 15) is 24.3 Å². The predicted molar refractivity (Wildman–Crippen MR) is 146 cm³/mol. The van der Waals surface area contributed by atoms with Gasteiger partial charge in [0.2, 0.25) is 17.7 Å². The van der Waals surface area contributed by atoms with E-state index in [0.717, 1.165) is 6.42 Å². The number of nitrogens with zero attached hydrogens (tertiary/aromatic N) is 7. The lowest BCUT2D eigenvalue weighted by Crippen LogP contribution is -2.66. The Balaban J connectivity index is 1.07. The van der Waals surface area contributed by atoms with Gasteiger partial charge in [-0.2, -0.15) is 0 Å². The minimum Gasteiger partial charge on any atom is -0.477 e. The number of hydrogen-bond acceptors (Lipinski definition) is 11. The highest BCUT2D eigenvalue weighted by Crippen LogP contribution is 2.51. The fraction of sp³-hybridized carbons (Fsp3) is 0.720. The van der Waals surface area contributed by atoms with Crippen molar-refractivity contribution in [3.63, 3.8) is 0 Å². The van der Waals surface area contributed by atoms with Gasteiger partial charge in [-0.25, -0.2) is 9.48 Å². The second kappa shape index (κ2) is 11.0. The molecule has 0 spiro atoms. The highest BCUT2D eigenvalue weighted by Gasteiger charge is 2.60. The number of fused-ring (bicyclic) bond motifs is 2. The van der Waals surface area contributed by atoms with E-state index < -0.39 is 17.9 Å². The molecule has 41 heavy (non-hydrogen) atoms. The van der Waals surface area contributed by atoms with E-state index in [1.807, 2.05) is 11.8 Å². The Labute approximate surface area is 241 Å². The second-order valence-corrected chi connectivity index (χ2v) is 13.0. The van der Waals surface area contributed by atoms with Crippen LogP contribution in [0.5, 0.6) is 0 Å². The zero-order valence-electron chi connectivity index (χ0n) is 23.1. The van der Waals surface area contributed by atoms with Gasteiger partial charge in [-0.05, 0) is 30.2 Å². The van der Waals surface area contributed by atoms with E-state index in [4.69, 9.17) is 5.73 Å². The van der Waals surface area contributed by atoms with Crippen molar-refractivity contribution < 1.29 is 24.3 Å². The summed E-state index contributed by atoms with van der Waals surface area (Å²) in [4.78, 5) is 57.2. The number of carboxylic acid groups (broad SMARTS) is 1. The number of aliphatic carboxylic acids is 1. The van der Waals surface area contributed by atoms with Crippen LogP contribution in [-0.2, 0) is 32.3 Å². The number of nitrogens with two attached hydrogens (primary N) is 1. The summed E-state index contributed by atoms with van der Waals surface area (Å²) in [5.74, 6) is -1.62. The van der Waals surface area contributed by atoms with Crippen molar-refractivity contribution in [1.29, 1.82) is 0 Å². The van der Waals surface area contributed by atoms with Gasteiger partial charge in [0.15, 0.2) is 5.82 Å². The molecular weight excluding hydrogens is 552 g/mol. The first-order valence-electron chi connectivity index (χ1n) is 14.1. The number of thioether (sulfide) groups is 1. The van der Waals surface area contributed by atoms with Crippen molar-refractivity contribution in [3.05, 3.63) is 16.4 Å². The van der Waals surface area contributed by atoms with Gasteiger partial charge < -0.3 is 31.3 Å². The minimum atomic E-state index is -1.14. The molecule has 3 amide bonds. The molecule has 1 aromatic heterocycles. The molecule has 1 aromatic rings. The number of carboxylic acids is 1. The minimum absolute atomic E-state index is 0.00180. The SMILES string of the molecule is C[C@@H](NC(=O)CN1CCn2nnnc2C1)[C@H]1C(=O)N2C(C(=O)O)=C(S[C@@H]3CN[C@H](C(=O)N4CC[C@@H](N)C4)C3)[C@H](C)[C@H]12. The van der Waals surface area contributed by atoms with Crippen molar-refractivity contribution >= 4 is 35.5 Å². The molecule has 15 nitrogen and oxygen atoms in total. The van der Waals surface area contributed by atoms with E-state index >= 15 is 0 Å². The van der Waals surface area contributed by atoms with Crippen LogP contribution in [-0.4, -0.2) is 126 Å². The molecule has 5 aliphatic heterocycles. The smallest absolute Gasteiger partial charge is 0.353 e. The van der Waals surface area contributed by atoms with Crippen molar-refractivity contribution in [2.45, 2.75) is 69.2 Å². The predicted octanol–water partition coefficient (Wildman–Crippen LogP) is -2.21. The first kappa shape index (κ1) is 28.1. The molecule has 0 bridgehead atoms. The normalized spacial score (nSPS) is 32.1. The van der Waals surface area contributed by atoms with Gasteiger partial charge in [-0.3, -0.25) is 19.3 Å². The molecule has 6 heterocycles. The third-order valence-electron chi connectivity index (χ3n) is 8.90. The lowest BCUT2D eigenvalue weighted by atomic mass is 9.78. The molecular formula is C25H36N10O5S. The van der Waals surface area contributed by atoms with Gasteiger partial charge in [-0.15, -0.1) is 16.9 Å². The van der Waals surface area contributed by atoms with Crippen LogP contribution in [0.4, 0.5) is 0 Å². The zero-order valence-corrected chi connectivity index (χ0v) is 23.9. The Hall–Kier alpha value is -3.08. The van der Waals surface area contributed by atoms with Gasteiger partial charge in [0, 0.05) is 54.3 Å². The lowest BCUT2D eigenvalue weighted by Gasteiger charge is -2.47. The number of nitrogens with one attached hydrogen (secondary N) is 2. The van der Waals surface area contributed by atoms with Gasteiger partial charge in [-0.1, -0.05) is 6.92 Å². The maximum Gasteiger partial charge on any atom is 0.353 e. The van der Waals surface area contributed by atoms with Crippen LogP contribution in [0.3, 0.4) is 0 Å². The summed E-state index contributed by atoms with van der Waals surface area (Å²) in [6.45, 7) is 7.39. The van der Waals surface area contributed by atoms with Crippen molar-refractivity contribution in [2.75, 3.05) is 32.7 Å². The zero-order chi connectivity index (χ0) is 29.0. The average Bonchev–Trinajstić information content (AvgIpc) is 3.71. The van der Waals surface area contributed by atoms with Crippen LogP contribution >= 0.6 is 11.8 Å². The molecule has 0 aromatic carbocycles. The van der Waals surface area contributed by atoms with Gasteiger partial charge >= 0.3 is 5.97 Å². The Morgan fingerprint density at radius 1 is 1.27 bits per heavy atom. The summed E-state index contributed by atoms with van der Waals surface area (Å²) >= 11 is 1.45. The molecule has 16 heteroatoms. The summed E-state index contributed by atoms with van der Waals surface area (Å²) < 4.78 is 1.71. The monoisotopic (exact) mass is 588 g/mol. The van der Waals surface area contributed by atoms with Crippen LogP contribution in [0.1, 0.15) is 32.5 Å². The Morgan fingerprint density at radius 2 is 2.07 bits per heavy atom. The number of hydrogen-bond donors (Lipinski definition) is 4. The Bertz CT molecular complexity index is 1290. The molecule has 222 valence electrons. The van der Waals surface area contributed by atoms with Crippen molar-refractivity contribution in [2.24, 2.45) is 17.6 Å². The number of tetrazole rings is 1. The van der Waals surface area contributed by atoms with Gasteiger partial charge in [0.25, 0.3) is 0 Å². The number of carbonyl (C=O) groups excluding carboxylic acids is 3. The molecule has 3 fully saturated rings. The number of β-lactam (4-membered cyclic amide) rings is 1. The van der Waals surface area contributed by atoms with E-state index in [1.54, 1.807) is 16.5 Å². The lowest BCUT2D eigenvalue weighted by molar-refractivity contribution is -0.158. The van der Waals surface area contributed by atoms with Crippen LogP contribution in [0, 0.1) is 11.8 Å². The molecule has 0 saturated carbocycles. The van der Waals surface area contributed by atoms with E-state index in [2.05, 4.69) is 26.2 Å². The molecule has 7 atom stereocenters. The summed E-state index contributed by atoms with van der Waals surface area (Å²) in [5.41, 5.74) is 5.99. The first-order chi connectivity index (χ1) is 19.6. The number of aromatic nitrogens is 4. The Morgan fingerprint density at radius 3 is 2.80 bits per heavy atom. The van der Waals surface area contributed by atoms with Crippen molar-refractivity contribution in [3.8, 4) is 0 Å². The van der Waals surface area contributed by atoms with Gasteiger partial charge in [0.1, 0.15) is 5.70 Å². The fourth-order valence-corrected chi connectivity index (χ4v) is 8.30. The molecule has 0 unspecified atom stereocenters. The highest BCUT2D eigenvalue weighted by molar-refractivity contribution is 8.03. The van der Waals surface area contributed by atoms with E-state index in [0.29, 0.717) is 56.4 Å². The van der Waals surface area contributed by atoms with Crippen LogP contribution in [0.15, 0.2) is 10.6 Å². The Kier molecular flexibility index (Phi) is 7.50. The average molecular weight is 589 g/mol. The second-order valence-electron chi connectivity index (χ2n) is 11.7. The third-order valence-corrected chi connectivity index (χ3v) is 10.4. The van der Waals surface area contributed by atoms with Crippen LogP contribution < -0.4 is 16.4 Å². The molecule has 3 saturated heterocycles. The fourth-order valence-electron chi connectivity index (χ4n) is 6.82. The van der Waals surface area contributed by atoms with Crippen LogP contribution in [0.2, 0.25) is 0 Å². The maximum atomic E-state index is 13.3. The molecule has 5 N–H and O–H groups in total. The van der Waals surface area contributed by atoms with E-state index in [-0.39, 0.29) is 59.3 Å².